The fraction of sp³-hybridized carbons (Fsp3) is 0.143. The molecule has 0 heterocycles. The summed E-state index contributed by atoms with van der Waals surface area (Å²) in [4.78, 5) is 9.53. The van der Waals surface area contributed by atoms with Crippen molar-refractivity contribution in [3.8, 4) is 0 Å². The van der Waals surface area contributed by atoms with Gasteiger partial charge in [-0.1, -0.05) is 18.2 Å². The van der Waals surface area contributed by atoms with Crippen molar-refractivity contribution < 1.29 is 13.3 Å². The van der Waals surface area contributed by atoms with Gasteiger partial charge in [0.2, 0.25) is 0 Å². The van der Waals surface area contributed by atoms with Gasteiger partial charge in [-0.15, -0.1) is 0 Å². The number of nitrogens with zero attached hydrogens (tertiary/aromatic N) is 1. The summed E-state index contributed by atoms with van der Waals surface area (Å²) in [6.45, 7) is 0. The smallest absolute Gasteiger partial charge is 0.261 e. The van der Waals surface area contributed by atoms with E-state index >= 15 is 0 Å². The van der Waals surface area contributed by atoms with E-state index in [9.17, 15) is 18.5 Å². The summed E-state index contributed by atoms with van der Waals surface area (Å²) in [5.41, 5.74) is -0.202. The number of hydrogen-bond acceptors (Lipinski definition) is 4. The van der Waals surface area contributed by atoms with Crippen LogP contribution in [0.3, 0.4) is 0 Å². The first-order chi connectivity index (χ1) is 6.80. The monoisotopic (exact) mass is 269 g/mol. The van der Waals surface area contributed by atoms with Crippen LogP contribution in [0.25, 0.3) is 0 Å². The maximum Gasteiger partial charge on any atom is 0.432 e. The molecule has 0 saturated heterocycles. The standard InChI is InChI=1S/C7H5Cl2NO4S/c8-7(10(11)12,15(9,13)14)6-4-2-1-3-5-6/h1-5H. The van der Waals surface area contributed by atoms with E-state index in [4.69, 9.17) is 22.3 Å². The van der Waals surface area contributed by atoms with E-state index in [-0.39, 0.29) is 5.56 Å². The second kappa shape index (κ2) is 3.96. The molecule has 0 aliphatic carbocycles. The minimum absolute atomic E-state index is 0.202. The molecule has 0 saturated carbocycles. The molecule has 0 aromatic heterocycles. The Hall–Kier alpha value is -0.850. The third-order valence-corrected chi connectivity index (χ3v) is 4.59. The van der Waals surface area contributed by atoms with E-state index < -0.39 is 18.3 Å². The van der Waals surface area contributed by atoms with Crippen LogP contribution in [0, 0.1) is 10.1 Å². The number of benzene rings is 1. The molecule has 0 N–H and O–H groups in total. The highest BCUT2D eigenvalue weighted by molar-refractivity contribution is 8.15. The third kappa shape index (κ3) is 2.06. The van der Waals surface area contributed by atoms with Gasteiger partial charge in [0.1, 0.15) is 0 Å². The Kier molecular flexibility index (Phi) is 3.22. The molecule has 1 atom stereocenters. The van der Waals surface area contributed by atoms with Crippen LogP contribution in [0.5, 0.6) is 0 Å². The van der Waals surface area contributed by atoms with Crippen molar-refractivity contribution >= 4 is 31.3 Å². The van der Waals surface area contributed by atoms with Crippen molar-refractivity contribution in [1.82, 2.24) is 0 Å². The lowest BCUT2D eigenvalue weighted by Gasteiger charge is -2.14. The van der Waals surface area contributed by atoms with Crippen molar-refractivity contribution in [1.29, 1.82) is 0 Å². The molecule has 0 amide bonds. The summed E-state index contributed by atoms with van der Waals surface area (Å²) in [5, 5.41) is 10.7. The van der Waals surface area contributed by atoms with Crippen LogP contribution < -0.4 is 0 Å². The maximum absolute atomic E-state index is 11.1. The van der Waals surface area contributed by atoms with Crippen molar-refractivity contribution in [2.75, 3.05) is 0 Å². The lowest BCUT2D eigenvalue weighted by Crippen LogP contribution is -2.35. The summed E-state index contributed by atoms with van der Waals surface area (Å²) in [5.74, 6) is 0. The van der Waals surface area contributed by atoms with Gasteiger partial charge in [0.15, 0.2) is 0 Å². The number of hydrogen-bond donors (Lipinski definition) is 0. The molecule has 0 spiro atoms. The predicted molar refractivity (Wildman–Crippen MR) is 55.7 cm³/mol. The van der Waals surface area contributed by atoms with Gasteiger partial charge in [-0.05, 0) is 23.7 Å². The topological polar surface area (TPSA) is 77.3 Å². The van der Waals surface area contributed by atoms with Gasteiger partial charge in [-0.25, -0.2) is 8.42 Å². The van der Waals surface area contributed by atoms with Gasteiger partial charge in [-0.2, -0.15) is 0 Å². The van der Waals surface area contributed by atoms with E-state index in [0.717, 1.165) is 0 Å². The number of alkyl halides is 1. The molecule has 15 heavy (non-hydrogen) atoms. The molecule has 0 aliphatic rings. The van der Waals surface area contributed by atoms with Crippen molar-refractivity contribution in [3.05, 3.63) is 46.0 Å². The number of rotatable bonds is 3. The maximum atomic E-state index is 11.1. The second-order valence-corrected chi connectivity index (χ2v) is 6.08. The van der Waals surface area contributed by atoms with Crippen LogP contribution in [0.4, 0.5) is 0 Å². The molecule has 82 valence electrons. The van der Waals surface area contributed by atoms with Gasteiger partial charge >= 0.3 is 13.4 Å². The van der Waals surface area contributed by atoms with Crippen LogP contribution in [0.1, 0.15) is 5.56 Å². The molecule has 1 unspecified atom stereocenters. The second-order valence-electron chi connectivity index (χ2n) is 2.62. The molecule has 1 aromatic carbocycles. The highest BCUT2D eigenvalue weighted by Gasteiger charge is 2.55. The van der Waals surface area contributed by atoms with E-state index in [2.05, 4.69) is 0 Å². The van der Waals surface area contributed by atoms with Crippen LogP contribution in [-0.2, 0) is 13.4 Å². The highest BCUT2D eigenvalue weighted by atomic mass is 35.7. The average Bonchev–Trinajstić information content (AvgIpc) is 2.16. The molecule has 1 rings (SSSR count). The van der Waals surface area contributed by atoms with E-state index in [1.54, 1.807) is 6.07 Å². The molecule has 0 radical (unpaired) electrons. The molecule has 0 aliphatic heterocycles. The Bertz CT molecular complexity index is 475. The number of nitro groups is 1. The average molecular weight is 270 g/mol. The van der Waals surface area contributed by atoms with Crippen molar-refractivity contribution in [2.45, 2.75) is 4.33 Å². The Morgan fingerprint density at radius 1 is 1.27 bits per heavy atom. The largest absolute Gasteiger partial charge is 0.432 e. The lowest BCUT2D eigenvalue weighted by atomic mass is 10.2. The SMILES string of the molecule is O=[N+]([O-])C(Cl)(c1ccccc1)S(=O)(=O)Cl. The zero-order valence-electron chi connectivity index (χ0n) is 7.13. The molecular weight excluding hydrogens is 265 g/mol. The Morgan fingerprint density at radius 2 is 1.73 bits per heavy atom. The Labute approximate surface area is 95.2 Å². The van der Waals surface area contributed by atoms with E-state index in [1.807, 2.05) is 0 Å². The van der Waals surface area contributed by atoms with Crippen molar-refractivity contribution in [2.24, 2.45) is 0 Å². The minimum Gasteiger partial charge on any atom is -0.261 e. The first-order valence-electron chi connectivity index (χ1n) is 3.63. The first kappa shape index (κ1) is 12.2. The molecule has 0 fully saturated rings. The molecule has 8 heteroatoms. The van der Waals surface area contributed by atoms with Crippen LogP contribution >= 0.6 is 22.3 Å². The van der Waals surface area contributed by atoms with Crippen LogP contribution in [0.15, 0.2) is 30.3 Å². The Balaban J connectivity index is 3.46. The summed E-state index contributed by atoms with van der Waals surface area (Å²) in [6, 6.07) is 6.86. The summed E-state index contributed by atoms with van der Waals surface area (Å²) < 4.78 is 19.3. The quantitative estimate of drug-likeness (QED) is 0.276. The zero-order valence-corrected chi connectivity index (χ0v) is 9.46. The Morgan fingerprint density at radius 3 is 2.07 bits per heavy atom. The van der Waals surface area contributed by atoms with Gasteiger partial charge in [0, 0.05) is 10.7 Å². The molecule has 0 bridgehead atoms. The summed E-state index contributed by atoms with van der Waals surface area (Å²) >= 11 is 5.46. The van der Waals surface area contributed by atoms with Gasteiger partial charge in [0.05, 0.1) is 10.5 Å². The van der Waals surface area contributed by atoms with E-state index in [0.29, 0.717) is 0 Å². The first-order valence-corrected chi connectivity index (χ1v) is 6.32. The molecule has 5 nitrogen and oxygen atoms in total. The highest BCUT2D eigenvalue weighted by Crippen LogP contribution is 2.37. The van der Waals surface area contributed by atoms with Crippen LogP contribution in [0.2, 0.25) is 0 Å². The van der Waals surface area contributed by atoms with Gasteiger partial charge in [0.25, 0.3) is 0 Å². The van der Waals surface area contributed by atoms with Gasteiger partial charge < -0.3 is 0 Å². The van der Waals surface area contributed by atoms with Gasteiger partial charge in [-0.3, -0.25) is 10.1 Å². The predicted octanol–water partition coefficient (Wildman–Crippen LogP) is 1.88. The minimum atomic E-state index is -4.58. The normalized spacial score (nSPS) is 15.6. The summed E-state index contributed by atoms with van der Waals surface area (Å²) in [7, 11) is 0.390. The fourth-order valence-corrected chi connectivity index (χ4v) is 2.14. The third-order valence-electron chi connectivity index (χ3n) is 1.69. The molecular formula is C7H5Cl2NO4S. The fourth-order valence-electron chi connectivity index (χ4n) is 0.979. The van der Waals surface area contributed by atoms with E-state index in [1.165, 1.54) is 24.3 Å². The lowest BCUT2D eigenvalue weighted by molar-refractivity contribution is -0.521. The summed E-state index contributed by atoms with van der Waals surface area (Å²) in [6.07, 6.45) is 0. The van der Waals surface area contributed by atoms with Crippen LogP contribution in [-0.4, -0.2) is 13.3 Å². The number of halogens is 2. The van der Waals surface area contributed by atoms with Crippen molar-refractivity contribution in [3.63, 3.8) is 0 Å². The molecule has 1 aromatic rings. The zero-order chi connectivity index (χ0) is 11.7.